The van der Waals surface area contributed by atoms with Gasteiger partial charge in [0.25, 0.3) is 0 Å². The molecule has 2 aromatic carbocycles. The zero-order valence-electron chi connectivity index (χ0n) is 10.7. The van der Waals surface area contributed by atoms with Crippen LogP contribution in [0.2, 0.25) is 0 Å². The first kappa shape index (κ1) is 13.5. The molecule has 0 spiro atoms. The lowest BCUT2D eigenvalue weighted by molar-refractivity contribution is 0.600. The highest BCUT2D eigenvalue weighted by Crippen LogP contribution is 2.30. The molecule has 1 heterocycles. The maximum Gasteiger partial charge on any atom is 0.184 e. The van der Waals surface area contributed by atoms with E-state index in [9.17, 15) is 4.39 Å². The largest absolute Gasteiger partial charge is 0.355 e. The standard InChI is InChI=1S/C15H12BrFN2S/c1-9(11-4-2-3-5-12(11)17)18-15-19-13-8-10(16)6-7-14(13)20-15/h2-9H,1H3,(H,18,19). The van der Waals surface area contributed by atoms with Crippen molar-refractivity contribution in [2.75, 3.05) is 5.32 Å². The van der Waals surface area contributed by atoms with Crippen LogP contribution >= 0.6 is 27.3 Å². The fourth-order valence-electron chi connectivity index (χ4n) is 2.05. The summed E-state index contributed by atoms with van der Waals surface area (Å²) in [5.74, 6) is -0.198. The van der Waals surface area contributed by atoms with Crippen molar-refractivity contribution < 1.29 is 4.39 Å². The lowest BCUT2D eigenvalue weighted by atomic mass is 10.1. The summed E-state index contributed by atoms with van der Waals surface area (Å²) in [6.07, 6.45) is 0. The van der Waals surface area contributed by atoms with Gasteiger partial charge in [-0.15, -0.1) is 0 Å². The fourth-order valence-corrected chi connectivity index (χ4v) is 3.33. The molecule has 0 saturated heterocycles. The predicted octanol–water partition coefficient (Wildman–Crippen LogP) is 5.37. The molecule has 0 saturated carbocycles. The SMILES string of the molecule is CC(Nc1nc2cc(Br)ccc2s1)c1ccccc1F. The highest BCUT2D eigenvalue weighted by molar-refractivity contribution is 9.10. The molecule has 1 aromatic heterocycles. The average Bonchev–Trinajstić information content (AvgIpc) is 2.80. The Morgan fingerprint density at radius 3 is 2.85 bits per heavy atom. The van der Waals surface area contributed by atoms with E-state index in [0.717, 1.165) is 19.8 Å². The highest BCUT2D eigenvalue weighted by atomic mass is 79.9. The second kappa shape index (κ2) is 5.50. The predicted molar refractivity (Wildman–Crippen MR) is 85.8 cm³/mol. The third kappa shape index (κ3) is 2.69. The Bertz CT molecular complexity index is 756. The van der Waals surface area contributed by atoms with Crippen LogP contribution in [0.3, 0.4) is 0 Å². The zero-order valence-corrected chi connectivity index (χ0v) is 13.1. The summed E-state index contributed by atoms with van der Waals surface area (Å²) in [7, 11) is 0. The molecule has 0 amide bonds. The number of rotatable bonds is 3. The lowest BCUT2D eigenvalue weighted by Crippen LogP contribution is -2.08. The maximum atomic E-state index is 13.7. The minimum absolute atomic E-state index is 0.125. The topological polar surface area (TPSA) is 24.9 Å². The van der Waals surface area contributed by atoms with Crippen molar-refractivity contribution in [3.63, 3.8) is 0 Å². The van der Waals surface area contributed by atoms with Crippen LogP contribution in [0.15, 0.2) is 46.9 Å². The minimum Gasteiger partial charge on any atom is -0.355 e. The number of aromatic nitrogens is 1. The van der Waals surface area contributed by atoms with Crippen LogP contribution in [0.5, 0.6) is 0 Å². The van der Waals surface area contributed by atoms with Crippen LogP contribution < -0.4 is 5.32 Å². The second-order valence-corrected chi connectivity index (χ2v) is 6.46. The van der Waals surface area contributed by atoms with Gasteiger partial charge in [-0.1, -0.05) is 45.5 Å². The van der Waals surface area contributed by atoms with Gasteiger partial charge in [-0.3, -0.25) is 0 Å². The van der Waals surface area contributed by atoms with E-state index in [0.29, 0.717) is 5.56 Å². The van der Waals surface area contributed by atoms with Gasteiger partial charge in [-0.2, -0.15) is 0 Å². The van der Waals surface area contributed by atoms with Crippen molar-refractivity contribution in [2.24, 2.45) is 0 Å². The van der Waals surface area contributed by atoms with Crippen molar-refractivity contribution in [3.05, 3.63) is 58.3 Å². The quantitative estimate of drug-likeness (QED) is 0.686. The Hall–Kier alpha value is -1.46. The summed E-state index contributed by atoms with van der Waals surface area (Å²) in [5, 5.41) is 4.06. The van der Waals surface area contributed by atoms with Crippen LogP contribution in [0.25, 0.3) is 10.2 Å². The van der Waals surface area contributed by atoms with Gasteiger partial charge in [-0.25, -0.2) is 9.37 Å². The van der Waals surface area contributed by atoms with E-state index >= 15 is 0 Å². The van der Waals surface area contributed by atoms with E-state index in [-0.39, 0.29) is 11.9 Å². The number of nitrogens with one attached hydrogen (secondary N) is 1. The summed E-state index contributed by atoms with van der Waals surface area (Å²) in [6.45, 7) is 1.93. The van der Waals surface area contributed by atoms with Gasteiger partial charge >= 0.3 is 0 Å². The van der Waals surface area contributed by atoms with Crippen LogP contribution in [-0.4, -0.2) is 4.98 Å². The molecule has 0 aliphatic carbocycles. The molecule has 1 unspecified atom stereocenters. The third-order valence-electron chi connectivity index (χ3n) is 3.06. The molecule has 3 rings (SSSR count). The number of halogens is 2. The average molecular weight is 351 g/mol. The van der Waals surface area contributed by atoms with Gasteiger partial charge < -0.3 is 5.32 Å². The molecule has 0 bridgehead atoms. The fraction of sp³-hybridized carbons (Fsp3) is 0.133. The molecule has 3 aromatic rings. The molecule has 0 radical (unpaired) electrons. The summed E-state index contributed by atoms with van der Waals surface area (Å²) < 4.78 is 15.8. The minimum atomic E-state index is -0.198. The molecule has 0 aliphatic rings. The molecule has 102 valence electrons. The van der Waals surface area contributed by atoms with E-state index in [1.165, 1.54) is 6.07 Å². The van der Waals surface area contributed by atoms with E-state index in [1.54, 1.807) is 23.5 Å². The summed E-state index contributed by atoms with van der Waals surface area (Å²) in [5.41, 5.74) is 1.58. The van der Waals surface area contributed by atoms with Gasteiger partial charge in [0.2, 0.25) is 0 Å². The Balaban J connectivity index is 1.87. The van der Waals surface area contributed by atoms with Crippen LogP contribution in [0.1, 0.15) is 18.5 Å². The number of thiazole rings is 1. The number of fused-ring (bicyclic) bond motifs is 1. The third-order valence-corrected chi connectivity index (χ3v) is 4.52. The molecule has 0 fully saturated rings. The first-order valence-electron chi connectivity index (χ1n) is 6.20. The lowest BCUT2D eigenvalue weighted by Gasteiger charge is -2.13. The van der Waals surface area contributed by atoms with Gasteiger partial charge in [0.05, 0.1) is 16.3 Å². The Morgan fingerprint density at radius 1 is 1.25 bits per heavy atom. The molecular formula is C15H12BrFN2S. The molecular weight excluding hydrogens is 339 g/mol. The van der Waals surface area contributed by atoms with Gasteiger partial charge in [0, 0.05) is 10.0 Å². The number of hydrogen-bond donors (Lipinski definition) is 1. The van der Waals surface area contributed by atoms with Crippen molar-refractivity contribution >= 4 is 42.6 Å². The Morgan fingerprint density at radius 2 is 2.05 bits per heavy atom. The van der Waals surface area contributed by atoms with Crippen molar-refractivity contribution in [3.8, 4) is 0 Å². The van der Waals surface area contributed by atoms with Crippen molar-refractivity contribution in [1.82, 2.24) is 4.98 Å². The summed E-state index contributed by atoms with van der Waals surface area (Å²) in [6, 6.07) is 12.7. The van der Waals surface area contributed by atoms with Gasteiger partial charge in [-0.05, 0) is 31.2 Å². The maximum absolute atomic E-state index is 13.7. The first-order chi connectivity index (χ1) is 9.63. The van der Waals surface area contributed by atoms with Crippen molar-refractivity contribution in [2.45, 2.75) is 13.0 Å². The van der Waals surface area contributed by atoms with Crippen molar-refractivity contribution in [1.29, 1.82) is 0 Å². The molecule has 2 nitrogen and oxygen atoms in total. The first-order valence-corrected chi connectivity index (χ1v) is 7.81. The summed E-state index contributed by atoms with van der Waals surface area (Å²) >= 11 is 5.00. The number of benzene rings is 2. The zero-order chi connectivity index (χ0) is 14.1. The summed E-state index contributed by atoms with van der Waals surface area (Å²) in [4.78, 5) is 4.52. The molecule has 1 atom stereocenters. The second-order valence-electron chi connectivity index (χ2n) is 4.52. The Kier molecular flexibility index (Phi) is 3.72. The Labute approximate surface area is 128 Å². The van der Waals surface area contributed by atoms with Gasteiger partial charge in [0.1, 0.15) is 5.82 Å². The number of nitrogens with zero attached hydrogens (tertiary/aromatic N) is 1. The monoisotopic (exact) mass is 350 g/mol. The number of hydrogen-bond acceptors (Lipinski definition) is 3. The van der Waals surface area contributed by atoms with E-state index in [1.807, 2.05) is 31.2 Å². The van der Waals surface area contributed by atoms with Crippen LogP contribution in [-0.2, 0) is 0 Å². The molecule has 1 N–H and O–H groups in total. The van der Waals surface area contributed by atoms with E-state index in [2.05, 4.69) is 26.2 Å². The molecule has 5 heteroatoms. The number of anilines is 1. The molecule has 20 heavy (non-hydrogen) atoms. The highest BCUT2D eigenvalue weighted by Gasteiger charge is 2.12. The van der Waals surface area contributed by atoms with Gasteiger partial charge in [0.15, 0.2) is 5.13 Å². The van der Waals surface area contributed by atoms with Crippen LogP contribution in [0.4, 0.5) is 9.52 Å². The van der Waals surface area contributed by atoms with Crippen LogP contribution in [0, 0.1) is 5.82 Å². The molecule has 0 aliphatic heterocycles. The van der Waals surface area contributed by atoms with E-state index in [4.69, 9.17) is 0 Å². The smallest absolute Gasteiger partial charge is 0.184 e. The normalized spacial score (nSPS) is 12.6. The van der Waals surface area contributed by atoms with E-state index < -0.39 is 0 Å².